The van der Waals surface area contributed by atoms with Crippen molar-refractivity contribution in [2.45, 2.75) is 18.3 Å². The lowest BCUT2D eigenvalue weighted by Gasteiger charge is -2.24. The predicted octanol–water partition coefficient (Wildman–Crippen LogP) is 3.67. The van der Waals surface area contributed by atoms with Gasteiger partial charge in [-0.15, -0.1) is 23.1 Å². The largest absolute Gasteiger partial charge is 0.462 e. The standard InChI is InChI=1S/C18H16N2O3S3/c1-2-23-17(22)11-5-7-12(8-6-11)19-15(21)13-10-26-16(20(13)18(19)24)14-4-3-9-25-14/h3-9,13,16H,2,10H2,1H3/t13-,16+/m0/s1. The number of fused-ring (bicyclic) bond motifs is 1. The maximum Gasteiger partial charge on any atom is 0.338 e. The van der Waals surface area contributed by atoms with Gasteiger partial charge in [0.2, 0.25) is 0 Å². The molecule has 2 aliphatic heterocycles. The fraction of sp³-hybridized carbons (Fsp3) is 0.278. The maximum absolute atomic E-state index is 12.9. The molecule has 0 N–H and O–H groups in total. The van der Waals surface area contributed by atoms with Crippen molar-refractivity contribution in [1.82, 2.24) is 4.90 Å². The number of hydrogen-bond acceptors (Lipinski definition) is 6. The number of carbonyl (C=O) groups excluding carboxylic acids is 2. The van der Waals surface area contributed by atoms with Gasteiger partial charge in [-0.1, -0.05) is 6.07 Å². The molecule has 0 saturated carbocycles. The second-order valence-corrected chi connectivity index (χ2v) is 8.31. The number of thiocarbonyl (C=S) groups is 1. The van der Waals surface area contributed by atoms with Gasteiger partial charge in [0.05, 0.1) is 17.9 Å². The number of esters is 1. The highest BCUT2D eigenvalue weighted by Gasteiger charge is 2.51. The Balaban J connectivity index is 1.59. The summed E-state index contributed by atoms with van der Waals surface area (Å²) in [5, 5.41) is 2.64. The number of carbonyl (C=O) groups is 2. The van der Waals surface area contributed by atoms with Gasteiger partial charge < -0.3 is 9.64 Å². The number of ether oxygens (including phenoxy) is 1. The summed E-state index contributed by atoms with van der Waals surface area (Å²) in [4.78, 5) is 29.5. The molecule has 26 heavy (non-hydrogen) atoms. The summed E-state index contributed by atoms with van der Waals surface area (Å²) in [6.45, 7) is 2.09. The Kier molecular flexibility index (Phi) is 4.73. The van der Waals surface area contributed by atoms with E-state index in [1.807, 2.05) is 16.3 Å². The summed E-state index contributed by atoms with van der Waals surface area (Å²) < 4.78 is 5.00. The van der Waals surface area contributed by atoms with Gasteiger partial charge >= 0.3 is 5.97 Å². The Labute approximate surface area is 164 Å². The number of anilines is 1. The molecular formula is C18H16N2O3S3. The van der Waals surface area contributed by atoms with Crippen molar-refractivity contribution in [3.63, 3.8) is 0 Å². The summed E-state index contributed by atoms with van der Waals surface area (Å²) in [6.07, 6.45) is 0. The lowest BCUT2D eigenvalue weighted by Crippen LogP contribution is -2.33. The van der Waals surface area contributed by atoms with Crippen LogP contribution in [0.25, 0.3) is 0 Å². The van der Waals surface area contributed by atoms with Crippen LogP contribution in [0.15, 0.2) is 41.8 Å². The van der Waals surface area contributed by atoms with Gasteiger partial charge in [-0.2, -0.15) is 0 Å². The molecule has 2 saturated heterocycles. The van der Waals surface area contributed by atoms with Crippen molar-refractivity contribution < 1.29 is 14.3 Å². The molecule has 2 atom stereocenters. The van der Waals surface area contributed by atoms with Crippen molar-refractivity contribution in [3.8, 4) is 0 Å². The van der Waals surface area contributed by atoms with Crippen LogP contribution in [-0.4, -0.2) is 40.3 Å². The molecule has 0 unspecified atom stereocenters. The van der Waals surface area contributed by atoms with Gasteiger partial charge in [-0.05, 0) is 54.9 Å². The first kappa shape index (κ1) is 17.5. The fourth-order valence-corrected chi connectivity index (χ4v) is 6.02. The van der Waals surface area contributed by atoms with Gasteiger partial charge in [-0.3, -0.25) is 9.69 Å². The Morgan fingerprint density at radius 2 is 2.08 bits per heavy atom. The van der Waals surface area contributed by atoms with E-state index in [-0.39, 0.29) is 23.3 Å². The van der Waals surface area contributed by atoms with Crippen molar-refractivity contribution in [1.29, 1.82) is 0 Å². The summed E-state index contributed by atoms with van der Waals surface area (Å²) in [7, 11) is 0. The first-order valence-corrected chi connectivity index (χ1v) is 10.5. The van der Waals surface area contributed by atoms with E-state index in [4.69, 9.17) is 17.0 Å². The van der Waals surface area contributed by atoms with Crippen molar-refractivity contribution in [2.75, 3.05) is 17.3 Å². The fourth-order valence-electron chi connectivity index (χ4n) is 3.14. The van der Waals surface area contributed by atoms with Crippen LogP contribution in [0.1, 0.15) is 27.5 Å². The number of amides is 1. The lowest BCUT2D eigenvalue weighted by molar-refractivity contribution is -0.119. The van der Waals surface area contributed by atoms with Crippen LogP contribution in [0.2, 0.25) is 0 Å². The van der Waals surface area contributed by atoms with Gasteiger partial charge in [0, 0.05) is 10.6 Å². The highest BCUT2D eigenvalue weighted by molar-refractivity contribution is 8.00. The number of hydrogen-bond donors (Lipinski definition) is 0. The van der Waals surface area contributed by atoms with Crippen molar-refractivity contribution in [2.24, 2.45) is 0 Å². The molecule has 2 aromatic rings. The highest BCUT2D eigenvalue weighted by atomic mass is 32.2. The summed E-state index contributed by atoms with van der Waals surface area (Å²) in [5.74, 6) is 0.341. The minimum atomic E-state index is -0.371. The zero-order chi connectivity index (χ0) is 18.3. The zero-order valence-corrected chi connectivity index (χ0v) is 16.4. The highest BCUT2D eigenvalue weighted by Crippen LogP contribution is 2.47. The van der Waals surface area contributed by atoms with Crippen LogP contribution >= 0.6 is 35.3 Å². The Morgan fingerprint density at radius 3 is 2.73 bits per heavy atom. The van der Waals surface area contributed by atoms with Gasteiger partial charge in [0.25, 0.3) is 5.91 Å². The molecule has 134 valence electrons. The lowest BCUT2D eigenvalue weighted by atomic mass is 10.2. The van der Waals surface area contributed by atoms with Crippen LogP contribution < -0.4 is 4.90 Å². The molecule has 0 aliphatic carbocycles. The van der Waals surface area contributed by atoms with E-state index in [9.17, 15) is 9.59 Å². The normalized spacial score (nSPS) is 22.0. The van der Waals surface area contributed by atoms with E-state index in [2.05, 4.69) is 6.07 Å². The number of thioether (sulfide) groups is 1. The molecule has 0 spiro atoms. The van der Waals surface area contributed by atoms with E-state index in [0.29, 0.717) is 23.0 Å². The summed E-state index contributed by atoms with van der Waals surface area (Å²) in [5.41, 5.74) is 1.14. The zero-order valence-electron chi connectivity index (χ0n) is 14.0. The van der Waals surface area contributed by atoms with Crippen molar-refractivity contribution in [3.05, 3.63) is 52.2 Å². The monoisotopic (exact) mass is 404 g/mol. The van der Waals surface area contributed by atoms with Gasteiger partial charge in [-0.25, -0.2) is 4.79 Å². The average molecular weight is 405 g/mol. The smallest absolute Gasteiger partial charge is 0.338 e. The molecule has 4 rings (SSSR count). The molecule has 1 aromatic carbocycles. The predicted molar refractivity (Wildman–Crippen MR) is 108 cm³/mol. The van der Waals surface area contributed by atoms with Crippen LogP contribution in [0.5, 0.6) is 0 Å². The molecular weight excluding hydrogens is 388 g/mol. The number of benzene rings is 1. The van der Waals surface area contributed by atoms with E-state index in [0.717, 1.165) is 5.75 Å². The molecule has 2 fully saturated rings. The van der Waals surface area contributed by atoms with E-state index in [1.54, 1.807) is 59.2 Å². The summed E-state index contributed by atoms with van der Waals surface area (Å²) in [6, 6.07) is 10.7. The molecule has 1 amide bonds. The number of thiophene rings is 1. The van der Waals surface area contributed by atoms with Crippen molar-refractivity contribution >= 4 is 58.0 Å². The second kappa shape index (κ2) is 7.02. The minimum Gasteiger partial charge on any atom is -0.462 e. The molecule has 2 aliphatic rings. The third kappa shape index (κ3) is 2.82. The Hall–Kier alpha value is -1.90. The van der Waals surface area contributed by atoms with E-state index < -0.39 is 0 Å². The SMILES string of the molecule is CCOC(=O)c1ccc(N2C(=O)[C@@H]3CS[C@H](c4cccs4)N3C2=S)cc1. The van der Waals surface area contributed by atoms with Gasteiger partial charge in [0.15, 0.2) is 5.11 Å². The van der Waals surface area contributed by atoms with E-state index >= 15 is 0 Å². The first-order valence-electron chi connectivity index (χ1n) is 8.20. The van der Waals surface area contributed by atoms with E-state index in [1.165, 1.54) is 4.88 Å². The van der Waals surface area contributed by atoms with Crippen LogP contribution in [-0.2, 0) is 9.53 Å². The minimum absolute atomic E-state index is 0.00885. The van der Waals surface area contributed by atoms with Crippen LogP contribution in [0.4, 0.5) is 5.69 Å². The quantitative estimate of drug-likeness (QED) is 0.572. The average Bonchev–Trinajstić information content (AvgIpc) is 3.35. The van der Waals surface area contributed by atoms with Crippen LogP contribution in [0, 0.1) is 0 Å². The molecule has 0 bridgehead atoms. The maximum atomic E-state index is 12.9. The van der Waals surface area contributed by atoms with Gasteiger partial charge in [0.1, 0.15) is 11.4 Å². The molecule has 5 nitrogen and oxygen atoms in total. The third-order valence-electron chi connectivity index (χ3n) is 4.34. The first-order chi connectivity index (χ1) is 12.6. The second-order valence-electron chi connectivity index (χ2n) is 5.85. The Bertz CT molecular complexity index is 851. The Morgan fingerprint density at radius 1 is 1.31 bits per heavy atom. The third-order valence-corrected chi connectivity index (χ3v) is 7.11. The topological polar surface area (TPSA) is 49.9 Å². The van der Waals surface area contributed by atoms with Crippen LogP contribution in [0.3, 0.4) is 0 Å². The summed E-state index contributed by atoms with van der Waals surface area (Å²) >= 11 is 9.07. The number of nitrogens with zero attached hydrogens (tertiary/aromatic N) is 2. The molecule has 0 radical (unpaired) electrons. The molecule has 3 heterocycles. The molecule has 8 heteroatoms. The molecule has 1 aromatic heterocycles. The number of rotatable bonds is 4.